The van der Waals surface area contributed by atoms with Crippen molar-refractivity contribution in [3.8, 4) is 0 Å². The van der Waals surface area contributed by atoms with E-state index in [2.05, 4.69) is 26.3 Å². The van der Waals surface area contributed by atoms with E-state index >= 15 is 0 Å². The molecule has 0 saturated carbocycles. The van der Waals surface area contributed by atoms with Crippen LogP contribution in [0.3, 0.4) is 0 Å². The number of nitrogens with one attached hydrogen (secondary N) is 1. The Hall–Kier alpha value is -0.970. The Balaban J connectivity index is 2.10. The van der Waals surface area contributed by atoms with E-state index in [-0.39, 0.29) is 0 Å². The molecule has 1 atom stereocenters. The SMILES string of the molecule is FC(F)(F)Cn1cc(C2(c3cccc(Br)c3)NC(=S)SC2=S)cn1. The number of nitrogens with zero attached hydrogens (tertiary/aromatic N) is 2. The average Bonchev–Trinajstić information content (AvgIpc) is 3.02. The predicted octanol–water partition coefficient (Wildman–Crippen LogP) is 4.40. The van der Waals surface area contributed by atoms with Crippen LogP contribution in [0.5, 0.6) is 0 Å². The maximum absolute atomic E-state index is 12.6. The van der Waals surface area contributed by atoms with Gasteiger partial charge in [-0.3, -0.25) is 4.68 Å². The van der Waals surface area contributed by atoms with Crippen LogP contribution in [0, 0.1) is 0 Å². The average molecular weight is 452 g/mol. The van der Waals surface area contributed by atoms with Gasteiger partial charge < -0.3 is 5.32 Å². The molecule has 1 aromatic carbocycles. The van der Waals surface area contributed by atoms with Gasteiger partial charge in [0.2, 0.25) is 0 Å². The van der Waals surface area contributed by atoms with Crippen molar-refractivity contribution < 1.29 is 13.2 Å². The van der Waals surface area contributed by atoms with Crippen LogP contribution in [0.4, 0.5) is 13.2 Å². The summed E-state index contributed by atoms with van der Waals surface area (Å²) < 4.78 is 40.5. The third kappa shape index (κ3) is 3.37. The Morgan fingerprint density at radius 3 is 2.62 bits per heavy atom. The van der Waals surface area contributed by atoms with Gasteiger partial charge in [-0.1, -0.05) is 64.3 Å². The molecule has 2 aromatic rings. The Morgan fingerprint density at radius 2 is 2.04 bits per heavy atom. The van der Waals surface area contributed by atoms with Gasteiger partial charge >= 0.3 is 6.18 Å². The number of rotatable bonds is 3. The van der Waals surface area contributed by atoms with Crippen molar-refractivity contribution in [2.75, 3.05) is 0 Å². The summed E-state index contributed by atoms with van der Waals surface area (Å²) in [6, 6.07) is 7.39. The summed E-state index contributed by atoms with van der Waals surface area (Å²) in [6.45, 7) is -1.16. The van der Waals surface area contributed by atoms with Crippen molar-refractivity contribution in [1.82, 2.24) is 15.1 Å². The first kappa shape index (κ1) is 17.8. The quantitative estimate of drug-likeness (QED) is 0.698. The zero-order chi connectivity index (χ0) is 17.5. The van der Waals surface area contributed by atoms with Gasteiger partial charge in [0.25, 0.3) is 0 Å². The van der Waals surface area contributed by atoms with E-state index in [1.165, 1.54) is 24.2 Å². The summed E-state index contributed by atoms with van der Waals surface area (Å²) in [7, 11) is 0. The smallest absolute Gasteiger partial charge is 0.352 e. The summed E-state index contributed by atoms with van der Waals surface area (Å²) >= 11 is 15.3. The largest absolute Gasteiger partial charge is 0.408 e. The maximum Gasteiger partial charge on any atom is 0.408 e. The Kier molecular flexibility index (Phi) is 4.75. The molecule has 0 bridgehead atoms. The number of benzene rings is 1. The van der Waals surface area contributed by atoms with Crippen LogP contribution in [0.2, 0.25) is 0 Å². The summed E-state index contributed by atoms with van der Waals surface area (Å²) in [4.78, 5) is 0. The molecular formula is C14H9BrF3N3S3. The minimum Gasteiger partial charge on any atom is -0.352 e. The van der Waals surface area contributed by atoms with E-state index in [0.29, 0.717) is 14.1 Å². The lowest BCUT2D eigenvalue weighted by Gasteiger charge is -2.28. The molecule has 24 heavy (non-hydrogen) atoms. The highest BCUT2D eigenvalue weighted by Gasteiger charge is 2.46. The normalized spacial score (nSPS) is 21.2. The standard InChI is InChI=1S/C14H9BrF3N3S3/c15-10-3-1-2-8(4-10)14(11(22)24-12(23)20-14)9-5-19-21(6-9)7-13(16,17)18/h1-6H,7H2,(H,20,23). The number of thiocarbonyl (C=S) groups is 2. The van der Waals surface area contributed by atoms with Gasteiger partial charge in [0, 0.05) is 16.2 Å². The number of aromatic nitrogens is 2. The number of thioether (sulfide) groups is 1. The van der Waals surface area contributed by atoms with E-state index in [0.717, 1.165) is 14.7 Å². The second kappa shape index (κ2) is 6.40. The molecule has 1 aliphatic heterocycles. The fourth-order valence-corrected chi connectivity index (χ4v) is 4.80. The second-order valence-electron chi connectivity index (χ2n) is 5.10. The predicted molar refractivity (Wildman–Crippen MR) is 99.1 cm³/mol. The maximum atomic E-state index is 12.6. The summed E-state index contributed by atoms with van der Waals surface area (Å²) in [6.07, 6.45) is -1.61. The van der Waals surface area contributed by atoms with Crippen molar-refractivity contribution in [2.24, 2.45) is 0 Å². The molecule has 0 spiro atoms. The molecule has 0 radical (unpaired) electrons. The van der Waals surface area contributed by atoms with Crippen molar-refractivity contribution in [2.45, 2.75) is 18.3 Å². The molecular weight excluding hydrogens is 443 g/mol. The summed E-state index contributed by atoms with van der Waals surface area (Å²) in [5.74, 6) is 0. The third-order valence-corrected chi connectivity index (χ3v) is 5.63. The van der Waals surface area contributed by atoms with Crippen molar-refractivity contribution in [3.63, 3.8) is 0 Å². The molecule has 10 heteroatoms. The molecule has 0 amide bonds. The minimum atomic E-state index is -4.35. The molecule has 0 aliphatic carbocycles. The van der Waals surface area contributed by atoms with Crippen LogP contribution in [-0.2, 0) is 12.1 Å². The first-order valence-corrected chi connectivity index (χ1v) is 9.03. The van der Waals surface area contributed by atoms with Gasteiger partial charge in [-0.2, -0.15) is 18.3 Å². The van der Waals surface area contributed by atoms with Gasteiger partial charge in [-0.25, -0.2) is 0 Å². The highest BCUT2D eigenvalue weighted by Crippen LogP contribution is 2.41. The van der Waals surface area contributed by atoms with Crippen LogP contribution in [0.15, 0.2) is 41.1 Å². The van der Waals surface area contributed by atoms with Gasteiger partial charge in [0.1, 0.15) is 16.4 Å². The van der Waals surface area contributed by atoms with Gasteiger partial charge in [0.05, 0.1) is 10.4 Å². The zero-order valence-corrected chi connectivity index (χ0v) is 15.8. The molecule has 1 aliphatic rings. The van der Waals surface area contributed by atoms with E-state index in [1.807, 2.05) is 24.3 Å². The van der Waals surface area contributed by atoms with Crippen molar-refractivity contribution >= 4 is 60.6 Å². The number of hydrogen-bond donors (Lipinski definition) is 1. The molecule has 1 saturated heterocycles. The van der Waals surface area contributed by atoms with Crippen LogP contribution >= 0.6 is 52.1 Å². The van der Waals surface area contributed by atoms with Crippen LogP contribution in [-0.4, -0.2) is 24.5 Å². The fraction of sp³-hybridized carbons (Fsp3) is 0.214. The van der Waals surface area contributed by atoms with E-state index in [9.17, 15) is 13.2 Å². The molecule has 126 valence electrons. The monoisotopic (exact) mass is 451 g/mol. The third-order valence-electron chi connectivity index (χ3n) is 3.45. The zero-order valence-electron chi connectivity index (χ0n) is 11.8. The fourth-order valence-electron chi connectivity index (χ4n) is 2.49. The molecule has 3 nitrogen and oxygen atoms in total. The highest BCUT2D eigenvalue weighted by molar-refractivity contribution is 9.10. The topological polar surface area (TPSA) is 29.9 Å². The van der Waals surface area contributed by atoms with Crippen molar-refractivity contribution in [3.05, 3.63) is 52.3 Å². The minimum absolute atomic E-state index is 0.476. The molecule has 1 N–H and O–H groups in total. The van der Waals surface area contributed by atoms with Crippen molar-refractivity contribution in [1.29, 1.82) is 0 Å². The lowest BCUT2D eigenvalue weighted by molar-refractivity contribution is -0.142. The summed E-state index contributed by atoms with van der Waals surface area (Å²) in [5, 5.41) is 6.98. The van der Waals surface area contributed by atoms with Crippen LogP contribution in [0.1, 0.15) is 11.1 Å². The number of hydrogen-bond acceptors (Lipinski definition) is 4. The first-order valence-electron chi connectivity index (χ1n) is 6.61. The lowest BCUT2D eigenvalue weighted by Crippen LogP contribution is -2.43. The van der Waals surface area contributed by atoms with E-state index in [1.54, 1.807) is 0 Å². The molecule has 1 fully saturated rings. The number of alkyl halides is 3. The summed E-state index contributed by atoms with van der Waals surface area (Å²) in [5.41, 5.74) is 0.313. The van der Waals surface area contributed by atoms with Crippen LogP contribution < -0.4 is 5.32 Å². The van der Waals surface area contributed by atoms with Crippen LogP contribution in [0.25, 0.3) is 0 Å². The van der Waals surface area contributed by atoms with Gasteiger partial charge in [-0.05, 0) is 17.7 Å². The number of halogens is 4. The lowest BCUT2D eigenvalue weighted by atomic mass is 9.86. The Morgan fingerprint density at radius 1 is 1.29 bits per heavy atom. The Bertz CT molecular complexity index is 821. The van der Waals surface area contributed by atoms with E-state index < -0.39 is 18.3 Å². The Labute approximate surface area is 159 Å². The van der Waals surface area contributed by atoms with E-state index in [4.69, 9.17) is 24.4 Å². The first-order chi connectivity index (χ1) is 11.2. The van der Waals surface area contributed by atoms with Gasteiger partial charge in [-0.15, -0.1) is 0 Å². The second-order valence-corrected chi connectivity index (χ2v) is 8.37. The highest BCUT2D eigenvalue weighted by atomic mass is 79.9. The molecule has 3 rings (SSSR count). The molecule has 2 heterocycles. The molecule has 1 aromatic heterocycles. The molecule has 1 unspecified atom stereocenters. The van der Waals surface area contributed by atoms with Gasteiger partial charge in [0.15, 0.2) is 0 Å².